The highest BCUT2D eigenvalue weighted by Crippen LogP contribution is 2.49. The number of para-hydroxylation sites is 1. The maximum absolute atomic E-state index is 14.2. The highest BCUT2D eigenvalue weighted by Gasteiger charge is 2.43. The van der Waals surface area contributed by atoms with Crippen molar-refractivity contribution in [3.8, 4) is 0 Å². The average Bonchev–Trinajstić information content (AvgIpc) is 3.47. The SMILES string of the molecule is C[C@@H]1NC(=O)[C@@H]2C[C@@H](O)CN2C(=O)[C@@H](Cc2c[nH]c3ccccc23)NC(=O)CN(C(=O)CCC2(C)CC2)C[C@@H](c2ccccc2)NC1=O. The number of aromatic nitrogens is 1. The number of H-pyrrole nitrogens is 1. The lowest BCUT2D eigenvalue weighted by molar-refractivity contribution is -0.142. The van der Waals surface area contributed by atoms with Gasteiger partial charge in [-0.3, -0.25) is 24.0 Å². The molecule has 6 rings (SSSR count). The van der Waals surface area contributed by atoms with E-state index in [2.05, 4.69) is 27.9 Å². The summed E-state index contributed by atoms with van der Waals surface area (Å²) in [7, 11) is 0. The first-order chi connectivity index (χ1) is 23.0. The van der Waals surface area contributed by atoms with Crippen molar-refractivity contribution in [1.82, 2.24) is 30.7 Å². The van der Waals surface area contributed by atoms with Crippen LogP contribution in [0, 0.1) is 5.41 Å². The Morgan fingerprint density at radius 2 is 1.67 bits per heavy atom. The van der Waals surface area contributed by atoms with E-state index in [-0.39, 0.29) is 50.2 Å². The summed E-state index contributed by atoms with van der Waals surface area (Å²) < 4.78 is 0. The second kappa shape index (κ2) is 13.8. The normalized spacial score (nSPS) is 26.6. The Bertz CT molecular complexity index is 1690. The number of rotatable bonds is 6. The molecule has 3 aliphatic rings. The van der Waals surface area contributed by atoms with E-state index in [4.69, 9.17) is 0 Å². The van der Waals surface area contributed by atoms with E-state index in [1.165, 1.54) is 9.80 Å². The number of nitrogens with zero attached hydrogens (tertiary/aromatic N) is 2. The Morgan fingerprint density at radius 3 is 2.42 bits per heavy atom. The zero-order valence-electron chi connectivity index (χ0n) is 27.4. The number of hydrogen-bond donors (Lipinski definition) is 5. The molecule has 2 aliphatic heterocycles. The van der Waals surface area contributed by atoms with Crippen molar-refractivity contribution >= 4 is 40.4 Å². The molecular weight excluding hydrogens is 612 g/mol. The van der Waals surface area contributed by atoms with Crippen molar-refractivity contribution in [1.29, 1.82) is 0 Å². The summed E-state index contributed by atoms with van der Waals surface area (Å²) in [6.45, 7) is 3.28. The molecule has 5 amide bonds. The van der Waals surface area contributed by atoms with Crippen molar-refractivity contribution in [2.75, 3.05) is 19.6 Å². The predicted molar refractivity (Wildman–Crippen MR) is 178 cm³/mol. The number of aromatic amines is 1. The summed E-state index contributed by atoms with van der Waals surface area (Å²) in [4.78, 5) is 74.9. The summed E-state index contributed by atoms with van der Waals surface area (Å²) in [6.07, 6.45) is 3.99. The molecule has 1 aliphatic carbocycles. The zero-order chi connectivity index (χ0) is 34.0. The molecule has 0 radical (unpaired) electrons. The van der Waals surface area contributed by atoms with Crippen LogP contribution in [0.4, 0.5) is 0 Å². The molecule has 1 saturated carbocycles. The van der Waals surface area contributed by atoms with Gasteiger partial charge in [-0.2, -0.15) is 0 Å². The van der Waals surface area contributed by atoms with E-state index >= 15 is 0 Å². The Labute approximate surface area is 279 Å². The van der Waals surface area contributed by atoms with Crippen LogP contribution in [-0.2, 0) is 30.4 Å². The molecule has 254 valence electrons. The third kappa shape index (κ3) is 7.54. The fourth-order valence-electron chi connectivity index (χ4n) is 6.74. The van der Waals surface area contributed by atoms with Gasteiger partial charge in [0.1, 0.15) is 18.1 Å². The van der Waals surface area contributed by atoms with Crippen LogP contribution in [0.5, 0.6) is 0 Å². The summed E-state index contributed by atoms with van der Waals surface area (Å²) in [6, 6.07) is 13.0. The van der Waals surface area contributed by atoms with Gasteiger partial charge in [0.25, 0.3) is 0 Å². The highest BCUT2D eigenvalue weighted by atomic mass is 16.3. The van der Waals surface area contributed by atoms with Crippen LogP contribution in [0.1, 0.15) is 63.1 Å². The number of nitrogens with one attached hydrogen (secondary N) is 4. The number of hydrogen-bond acceptors (Lipinski definition) is 6. The number of aliphatic hydroxyl groups is 1. The molecule has 12 nitrogen and oxygen atoms in total. The smallest absolute Gasteiger partial charge is 0.246 e. The Balaban J connectivity index is 1.35. The number of fused-ring (bicyclic) bond motifs is 2. The quantitative estimate of drug-likeness (QED) is 0.272. The Morgan fingerprint density at radius 1 is 0.938 bits per heavy atom. The van der Waals surface area contributed by atoms with Gasteiger partial charge in [0, 0.05) is 49.5 Å². The minimum absolute atomic E-state index is 0.00644. The number of carbonyl (C=O) groups excluding carboxylic acids is 5. The maximum Gasteiger partial charge on any atom is 0.246 e. The standard InChI is InChI=1S/C36H44N6O6/c1-22-33(46)40-29(23-8-4-3-5-9-23)20-41(32(45)12-13-36(2)14-15-36)21-31(44)39-28(16-24-18-37-27-11-7-6-10-26(24)27)35(48)42-19-25(43)17-30(42)34(47)38-22/h3-11,18,22,25,28-30,37,43H,12-17,19-21H2,1-2H3,(H,38,47)(H,39,44)(H,40,46)/t22-,25+,28+,29-,30-/m0/s1. The summed E-state index contributed by atoms with van der Waals surface area (Å²) in [5.74, 6) is -2.35. The maximum atomic E-state index is 14.2. The molecule has 0 bridgehead atoms. The van der Waals surface area contributed by atoms with Crippen molar-refractivity contribution in [2.24, 2.45) is 5.41 Å². The second-order valence-corrected chi connectivity index (χ2v) is 13.9. The van der Waals surface area contributed by atoms with Crippen LogP contribution < -0.4 is 16.0 Å². The first kappa shape index (κ1) is 33.2. The summed E-state index contributed by atoms with van der Waals surface area (Å²) >= 11 is 0. The minimum atomic E-state index is -1.09. The molecule has 2 saturated heterocycles. The number of amides is 5. The lowest BCUT2D eigenvalue weighted by Gasteiger charge is -2.30. The van der Waals surface area contributed by atoms with Gasteiger partial charge >= 0.3 is 0 Å². The van der Waals surface area contributed by atoms with Gasteiger partial charge in [-0.1, -0.05) is 55.5 Å². The van der Waals surface area contributed by atoms with Crippen LogP contribution in [0.25, 0.3) is 10.9 Å². The second-order valence-electron chi connectivity index (χ2n) is 13.9. The number of aliphatic hydroxyl groups excluding tert-OH is 1. The van der Waals surface area contributed by atoms with Gasteiger partial charge in [-0.15, -0.1) is 0 Å². The molecule has 3 heterocycles. The third-order valence-corrected chi connectivity index (χ3v) is 10.0. The van der Waals surface area contributed by atoms with Crippen molar-refractivity contribution in [3.63, 3.8) is 0 Å². The van der Waals surface area contributed by atoms with Crippen molar-refractivity contribution in [2.45, 2.75) is 82.6 Å². The Kier molecular flexibility index (Phi) is 9.54. The number of benzene rings is 2. The molecule has 2 aromatic carbocycles. The van der Waals surface area contributed by atoms with Crippen molar-refractivity contribution in [3.05, 3.63) is 71.9 Å². The van der Waals surface area contributed by atoms with Gasteiger partial charge < -0.3 is 35.8 Å². The van der Waals surface area contributed by atoms with Crippen LogP contribution >= 0.6 is 0 Å². The van der Waals surface area contributed by atoms with Crippen molar-refractivity contribution < 1.29 is 29.1 Å². The highest BCUT2D eigenvalue weighted by molar-refractivity contribution is 5.96. The lowest BCUT2D eigenvalue weighted by atomic mass is 10.0. The zero-order valence-corrected chi connectivity index (χ0v) is 27.4. The Hall–Kier alpha value is -4.71. The average molecular weight is 657 g/mol. The first-order valence-corrected chi connectivity index (χ1v) is 16.8. The molecule has 12 heteroatoms. The van der Waals surface area contributed by atoms with E-state index in [0.717, 1.165) is 34.9 Å². The third-order valence-electron chi connectivity index (χ3n) is 10.0. The molecular formula is C36H44N6O6. The minimum Gasteiger partial charge on any atom is -0.391 e. The van der Waals surface area contributed by atoms with Gasteiger partial charge in [0.2, 0.25) is 29.5 Å². The van der Waals surface area contributed by atoms with Crippen LogP contribution in [0.3, 0.4) is 0 Å². The largest absolute Gasteiger partial charge is 0.391 e. The molecule has 48 heavy (non-hydrogen) atoms. The van der Waals surface area contributed by atoms with Gasteiger partial charge in [-0.05, 0) is 48.8 Å². The predicted octanol–water partition coefficient (Wildman–Crippen LogP) is 1.94. The fourth-order valence-corrected chi connectivity index (χ4v) is 6.74. The van der Waals surface area contributed by atoms with Gasteiger partial charge in [-0.25, -0.2) is 0 Å². The summed E-state index contributed by atoms with van der Waals surface area (Å²) in [5, 5.41) is 20.1. The van der Waals surface area contributed by atoms with E-state index in [0.29, 0.717) is 6.42 Å². The molecule has 0 spiro atoms. The van der Waals surface area contributed by atoms with Crippen LogP contribution in [0.15, 0.2) is 60.8 Å². The molecule has 3 aromatic rings. The van der Waals surface area contributed by atoms with E-state index < -0.39 is 53.9 Å². The van der Waals surface area contributed by atoms with Gasteiger partial charge in [0.05, 0.1) is 18.7 Å². The summed E-state index contributed by atoms with van der Waals surface area (Å²) in [5.41, 5.74) is 2.52. The molecule has 5 atom stereocenters. The monoisotopic (exact) mass is 656 g/mol. The van der Waals surface area contributed by atoms with Gasteiger partial charge in [0.15, 0.2) is 0 Å². The van der Waals surface area contributed by atoms with E-state index in [1.54, 1.807) is 13.1 Å². The first-order valence-electron chi connectivity index (χ1n) is 16.8. The molecule has 1 aromatic heterocycles. The molecule has 3 fully saturated rings. The topological polar surface area (TPSA) is 164 Å². The van der Waals surface area contributed by atoms with E-state index in [1.807, 2.05) is 54.6 Å². The lowest BCUT2D eigenvalue weighted by Crippen LogP contribution is -2.56. The number of carbonyl (C=O) groups is 5. The fraction of sp³-hybridized carbons (Fsp3) is 0.472. The van der Waals surface area contributed by atoms with E-state index in [9.17, 15) is 29.1 Å². The molecule has 5 N–H and O–H groups in total. The van der Waals surface area contributed by atoms with Crippen LogP contribution in [0.2, 0.25) is 0 Å². The van der Waals surface area contributed by atoms with Crippen LogP contribution in [-0.4, -0.2) is 93.3 Å². The molecule has 0 unspecified atom stereocenters.